The average molecular weight is 416 g/mol. The van der Waals surface area contributed by atoms with Crippen LogP contribution in [0, 0.1) is 17.8 Å². The zero-order chi connectivity index (χ0) is 22.3. The summed E-state index contributed by atoms with van der Waals surface area (Å²) in [5.74, 6) is 0.750. The molecule has 30 heavy (non-hydrogen) atoms. The van der Waals surface area contributed by atoms with Gasteiger partial charge in [0.1, 0.15) is 6.17 Å². The number of rotatable bonds is 14. The molecule has 2 rings (SSSR count). The highest BCUT2D eigenvalue weighted by Crippen LogP contribution is 2.49. The Kier molecular flexibility index (Phi) is 9.33. The number of halogens is 2. The van der Waals surface area contributed by atoms with Crippen LogP contribution in [-0.4, -0.2) is 12.2 Å². The molecule has 3 heteroatoms. The topological polar surface area (TPSA) is 12.0 Å². The van der Waals surface area contributed by atoms with Gasteiger partial charge in [-0.1, -0.05) is 69.4 Å². The molecule has 0 aromatic heterocycles. The summed E-state index contributed by atoms with van der Waals surface area (Å²) in [6.07, 6.45) is 12.9. The molecule has 0 aromatic carbocycles. The van der Waals surface area contributed by atoms with Gasteiger partial charge in [0.05, 0.1) is 5.83 Å². The van der Waals surface area contributed by atoms with Crippen LogP contribution in [0.2, 0.25) is 0 Å². The lowest BCUT2D eigenvalue weighted by Gasteiger charge is -2.19. The zero-order valence-electron chi connectivity index (χ0n) is 19.0. The molecule has 0 aliphatic heterocycles. The van der Waals surface area contributed by atoms with E-state index in [0.29, 0.717) is 12.0 Å². The first-order chi connectivity index (χ1) is 14.3. The molecule has 1 nitrogen and oxygen atoms in total. The maximum atomic E-state index is 14.4. The van der Waals surface area contributed by atoms with Crippen molar-refractivity contribution in [2.45, 2.75) is 77.9 Å². The number of alkyl halides is 1. The van der Waals surface area contributed by atoms with Gasteiger partial charge in [0.15, 0.2) is 0 Å². The van der Waals surface area contributed by atoms with Crippen LogP contribution in [0.1, 0.15) is 65.7 Å². The highest BCUT2D eigenvalue weighted by Gasteiger charge is 2.43. The van der Waals surface area contributed by atoms with Crippen LogP contribution < -0.4 is 5.32 Å². The van der Waals surface area contributed by atoms with E-state index in [1.165, 1.54) is 30.9 Å². The van der Waals surface area contributed by atoms with E-state index in [2.05, 4.69) is 57.1 Å². The number of hydrogen-bond acceptors (Lipinski definition) is 1. The molecule has 166 valence electrons. The summed E-state index contributed by atoms with van der Waals surface area (Å²) in [5.41, 5.74) is 3.72. The fourth-order valence-corrected chi connectivity index (χ4v) is 3.77. The fraction of sp³-hybridized carbons (Fsp3) is 0.556. The Hall–Kier alpha value is -1.90. The highest BCUT2D eigenvalue weighted by molar-refractivity contribution is 5.31. The third kappa shape index (κ3) is 7.74. The minimum Gasteiger partial charge on any atom is -0.382 e. The van der Waals surface area contributed by atoms with E-state index in [-0.39, 0.29) is 24.3 Å². The summed E-state index contributed by atoms with van der Waals surface area (Å²) in [5, 5.41) is 3.41. The molecule has 2 fully saturated rings. The molecule has 0 aromatic rings. The lowest BCUT2D eigenvalue weighted by atomic mass is 10.0. The van der Waals surface area contributed by atoms with Crippen LogP contribution >= 0.6 is 0 Å². The van der Waals surface area contributed by atoms with Gasteiger partial charge in [-0.05, 0) is 62.5 Å². The highest BCUT2D eigenvalue weighted by atomic mass is 19.1. The monoisotopic (exact) mass is 415 g/mol. The summed E-state index contributed by atoms with van der Waals surface area (Å²) >= 11 is 0. The van der Waals surface area contributed by atoms with Crippen molar-refractivity contribution in [1.82, 2.24) is 5.32 Å². The van der Waals surface area contributed by atoms with Gasteiger partial charge >= 0.3 is 0 Å². The van der Waals surface area contributed by atoms with Crippen LogP contribution in [-0.2, 0) is 0 Å². The SMILES string of the molecule is C=C(/C=C\C(=C/C)CCC1CC1)C(C)NC(=C)C1CC1C(=C)C(F)C/C(F)=C\CC. The molecule has 0 bridgehead atoms. The molecule has 0 amide bonds. The van der Waals surface area contributed by atoms with Gasteiger partial charge in [-0.25, -0.2) is 8.78 Å². The Bertz CT molecular complexity index is 723. The maximum absolute atomic E-state index is 14.4. The Morgan fingerprint density at radius 2 is 1.87 bits per heavy atom. The first kappa shape index (κ1) is 24.4. The predicted octanol–water partition coefficient (Wildman–Crippen LogP) is 7.91. The Balaban J connectivity index is 1.77. The predicted molar refractivity (Wildman–Crippen MR) is 125 cm³/mol. The van der Waals surface area contributed by atoms with E-state index < -0.39 is 12.0 Å². The molecule has 0 spiro atoms. The molecule has 4 atom stereocenters. The van der Waals surface area contributed by atoms with E-state index >= 15 is 0 Å². The summed E-state index contributed by atoms with van der Waals surface area (Å²) < 4.78 is 27.9. The molecular weight excluding hydrogens is 376 g/mol. The van der Waals surface area contributed by atoms with Crippen molar-refractivity contribution in [2.24, 2.45) is 17.8 Å². The Morgan fingerprint density at radius 1 is 1.17 bits per heavy atom. The van der Waals surface area contributed by atoms with Crippen molar-refractivity contribution < 1.29 is 8.78 Å². The third-order valence-corrected chi connectivity index (χ3v) is 6.30. The molecule has 0 radical (unpaired) electrons. The molecule has 2 saturated carbocycles. The standard InChI is InChI=1S/C27H39F2N/c1-7-9-24(28)16-27(29)19(4)25-17-26(25)21(6)30-20(5)18(3)10-11-22(8-2)12-13-23-14-15-23/h8-11,20,23,25-27,30H,3-4,6-7,12-17H2,1-2,5H3/b11-10-,22-8+,24-9+. The summed E-state index contributed by atoms with van der Waals surface area (Å²) in [6.45, 7) is 18.2. The van der Waals surface area contributed by atoms with E-state index in [1.54, 1.807) is 0 Å². The lowest BCUT2D eigenvalue weighted by molar-refractivity contribution is 0.345. The van der Waals surface area contributed by atoms with Gasteiger partial charge in [0.25, 0.3) is 0 Å². The zero-order valence-corrected chi connectivity index (χ0v) is 19.0. The molecular formula is C27H39F2N. The second-order valence-corrected chi connectivity index (χ2v) is 8.90. The molecule has 0 saturated heterocycles. The van der Waals surface area contributed by atoms with Crippen molar-refractivity contribution in [3.05, 3.63) is 72.3 Å². The third-order valence-electron chi connectivity index (χ3n) is 6.30. The van der Waals surface area contributed by atoms with Crippen molar-refractivity contribution in [2.75, 3.05) is 0 Å². The van der Waals surface area contributed by atoms with Gasteiger partial charge in [-0.3, -0.25) is 0 Å². The van der Waals surface area contributed by atoms with Gasteiger partial charge in [-0.15, -0.1) is 0 Å². The van der Waals surface area contributed by atoms with E-state index in [0.717, 1.165) is 30.0 Å². The molecule has 1 N–H and O–H groups in total. The van der Waals surface area contributed by atoms with Gasteiger partial charge < -0.3 is 5.32 Å². The first-order valence-electron chi connectivity index (χ1n) is 11.4. The van der Waals surface area contributed by atoms with Gasteiger partial charge in [0, 0.05) is 24.1 Å². The molecule has 2 aliphatic rings. The van der Waals surface area contributed by atoms with Crippen LogP contribution in [0.4, 0.5) is 8.78 Å². The van der Waals surface area contributed by atoms with E-state index in [9.17, 15) is 8.78 Å². The molecule has 2 aliphatic carbocycles. The second-order valence-electron chi connectivity index (χ2n) is 8.90. The Labute approximate surface area is 182 Å². The van der Waals surface area contributed by atoms with Crippen molar-refractivity contribution in [1.29, 1.82) is 0 Å². The smallest absolute Gasteiger partial charge is 0.127 e. The minimum atomic E-state index is -1.33. The van der Waals surface area contributed by atoms with Crippen LogP contribution in [0.5, 0.6) is 0 Å². The van der Waals surface area contributed by atoms with Gasteiger partial charge in [-0.2, -0.15) is 0 Å². The quantitative estimate of drug-likeness (QED) is 0.224. The average Bonchev–Trinajstić information content (AvgIpc) is 3.61. The van der Waals surface area contributed by atoms with E-state index in [1.807, 2.05) is 6.92 Å². The van der Waals surface area contributed by atoms with E-state index in [4.69, 9.17) is 0 Å². The maximum Gasteiger partial charge on any atom is 0.127 e. The largest absolute Gasteiger partial charge is 0.382 e. The molecule has 0 heterocycles. The number of nitrogens with one attached hydrogen (secondary N) is 1. The first-order valence-corrected chi connectivity index (χ1v) is 11.4. The lowest BCUT2D eigenvalue weighted by Crippen LogP contribution is -2.27. The second kappa shape index (κ2) is 11.5. The van der Waals surface area contributed by atoms with Crippen molar-refractivity contribution in [3.63, 3.8) is 0 Å². The summed E-state index contributed by atoms with van der Waals surface area (Å²) in [6, 6.07) is 0.0518. The molecule has 4 unspecified atom stereocenters. The number of hydrogen-bond donors (Lipinski definition) is 1. The fourth-order valence-electron chi connectivity index (χ4n) is 3.77. The number of allylic oxidation sites excluding steroid dienone is 7. The van der Waals surface area contributed by atoms with Gasteiger partial charge in [0.2, 0.25) is 0 Å². The van der Waals surface area contributed by atoms with Crippen molar-refractivity contribution in [3.8, 4) is 0 Å². The summed E-state index contributed by atoms with van der Waals surface area (Å²) in [4.78, 5) is 0. The van der Waals surface area contributed by atoms with Crippen LogP contribution in [0.15, 0.2) is 72.3 Å². The normalized spacial score (nSPS) is 23.9. The van der Waals surface area contributed by atoms with Crippen molar-refractivity contribution >= 4 is 0 Å². The Morgan fingerprint density at radius 3 is 2.47 bits per heavy atom. The van der Waals surface area contributed by atoms with Crippen LogP contribution in [0.25, 0.3) is 0 Å². The summed E-state index contributed by atoms with van der Waals surface area (Å²) in [7, 11) is 0. The van der Waals surface area contributed by atoms with Crippen LogP contribution in [0.3, 0.4) is 0 Å². The minimum absolute atomic E-state index is 0.0440.